The molecule has 0 N–H and O–H groups in total. The summed E-state index contributed by atoms with van der Waals surface area (Å²) >= 11 is 1.44. The zero-order valence-corrected chi connectivity index (χ0v) is 12.3. The van der Waals surface area contributed by atoms with Crippen LogP contribution in [0.1, 0.15) is 25.6 Å². The van der Waals surface area contributed by atoms with Crippen LogP contribution in [0.2, 0.25) is 0 Å². The van der Waals surface area contributed by atoms with Gasteiger partial charge in [-0.05, 0) is 43.0 Å². The summed E-state index contributed by atoms with van der Waals surface area (Å²) < 4.78 is 1.78. The van der Waals surface area contributed by atoms with Gasteiger partial charge in [-0.3, -0.25) is 0 Å². The van der Waals surface area contributed by atoms with E-state index in [2.05, 4.69) is 31.8 Å². The molecular weight excluding hydrogens is 272 g/mol. The third-order valence-corrected chi connectivity index (χ3v) is 3.92. The highest BCUT2D eigenvalue weighted by molar-refractivity contribution is 7.99. The van der Waals surface area contributed by atoms with Crippen molar-refractivity contribution in [3.05, 3.63) is 30.0 Å². The lowest BCUT2D eigenvalue weighted by molar-refractivity contribution is 0.477. The summed E-state index contributed by atoms with van der Waals surface area (Å²) in [5.41, 5.74) is 0.924. The van der Waals surface area contributed by atoms with E-state index in [-0.39, 0.29) is 6.04 Å². The smallest absolute Gasteiger partial charge is 0.215 e. The highest BCUT2D eigenvalue weighted by Gasteiger charge is 2.14. The van der Waals surface area contributed by atoms with Crippen molar-refractivity contribution in [2.45, 2.75) is 37.0 Å². The van der Waals surface area contributed by atoms with Gasteiger partial charge in [0.05, 0.1) is 11.7 Å². The van der Waals surface area contributed by atoms with Crippen molar-refractivity contribution < 1.29 is 0 Å². The molecule has 6 nitrogen and oxygen atoms in total. The van der Waals surface area contributed by atoms with Crippen molar-refractivity contribution in [2.75, 3.05) is 0 Å². The summed E-state index contributed by atoms with van der Waals surface area (Å²) in [5, 5.41) is 24.0. The van der Waals surface area contributed by atoms with Gasteiger partial charge in [-0.2, -0.15) is 5.10 Å². The first-order valence-electron chi connectivity index (χ1n) is 6.34. The number of benzene rings is 1. The average Bonchev–Trinajstić information content (AvgIpc) is 2.91. The summed E-state index contributed by atoms with van der Waals surface area (Å²) in [5.74, 6) is 0. The minimum absolute atomic E-state index is 0.206. The third kappa shape index (κ3) is 2.24. The molecule has 2 heterocycles. The number of rotatable bonds is 3. The lowest BCUT2D eigenvalue weighted by Crippen LogP contribution is -2.05. The molecule has 20 heavy (non-hydrogen) atoms. The van der Waals surface area contributed by atoms with E-state index >= 15 is 0 Å². The van der Waals surface area contributed by atoms with Crippen LogP contribution in [0.5, 0.6) is 0 Å². The first-order valence-corrected chi connectivity index (χ1v) is 7.16. The van der Waals surface area contributed by atoms with Crippen molar-refractivity contribution >= 4 is 22.5 Å². The Morgan fingerprint density at radius 2 is 1.80 bits per heavy atom. The van der Waals surface area contributed by atoms with Crippen LogP contribution in [0.15, 0.2) is 34.4 Å². The van der Waals surface area contributed by atoms with Gasteiger partial charge in [-0.15, -0.1) is 10.2 Å². The van der Waals surface area contributed by atoms with Crippen LogP contribution in [-0.2, 0) is 0 Å². The molecule has 0 spiro atoms. The number of aryl methyl sites for hydroxylation is 1. The van der Waals surface area contributed by atoms with Crippen LogP contribution in [0.3, 0.4) is 0 Å². The maximum absolute atomic E-state index is 4.29. The Bertz CT molecular complexity index is 751. The summed E-state index contributed by atoms with van der Waals surface area (Å²) in [4.78, 5) is 0. The van der Waals surface area contributed by atoms with E-state index in [9.17, 15) is 0 Å². The maximum atomic E-state index is 4.29. The fraction of sp³-hybridized carbons (Fsp3) is 0.308. The molecule has 0 atom stereocenters. The quantitative estimate of drug-likeness (QED) is 0.737. The van der Waals surface area contributed by atoms with E-state index in [4.69, 9.17) is 0 Å². The molecule has 2 aromatic heterocycles. The Labute approximate surface area is 120 Å². The van der Waals surface area contributed by atoms with Crippen molar-refractivity contribution in [1.29, 1.82) is 0 Å². The first kappa shape index (κ1) is 13.0. The number of aromatic nitrogens is 6. The Kier molecular flexibility index (Phi) is 3.35. The second kappa shape index (κ2) is 5.16. The Morgan fingerprint density at radius 3 is 2.55 bits per heavy atom. The molecule has 0 aliphatic carbocycles. The van der Waals surface area contributed by atoms with E-state index in [0.29, 0.717) is 0 Å². The van der Waals surface area contributed by atoms with E-state index < -0.39 is 0 Å². The van der Waals surface area contributed by atoms with Crippen LogP contribution in [-0.4, -0.2) is 30.4 Å². The summed E-state index contributed by atoms with van der Waals surface area (Å²) in [6, 6.07) is 8.30. The van der Waals surface area contributed by atoms with E-state index in [0.717, 1.165) is 26.6 Å². The molecule has 3 aromatic rings. The van der Waals surface area contributed by atoms with Crippen LogP contribution >= 0.6 is 11.8 Å². The van der Waals surface area contributed by atoms with Gasteiger partial charge in [0.1, 0.15) is 5.03 Å². The maximum Gasteiger partial charge on any atom is 0.215 e. The first-order chi connectivity index (χ1) is 9.66. The molecule has 0 radical (unpaired) electrons. The van der Waals surface area contributed by atoms with Gasteiger partial charge in [0.15, 0.2) is 0 Å². The number of nitrogens with zero attached hydrogens (tertiary/aromatic N) is 6. The third-order valence-electron chi connectivity index (χ3n) is 2.98. The minimum Gasteiger partial charge on any atom is -0.218 e. The number of tetrazole rings is 1. The van der Waals surface area contributed by atoms with E-state index in [1.807, 2.05) is 39.0 Å². The fourth-order valence-corrected chi connectivity index (χ4v) is 2.91. The zero-order chi connectivity index (χ0) is 14.1. The molecular formula is C13H14N6S. The molecule has 0 aliphatic heterocycles. The largest absolute Gasteiger partial charge is 0.218 e. The van der Waals surface area contributed by atoms with Gasteiger partial charge < -0.3 is 0 Å². The Morgan fingerprint density at radius 1 is 1.05 bits per heavy atom. The second-order valence-electron chi connectivity index (χ2n) is 4.74. The van der Waals surface area contributed by atoms with E-state index in [1.54, 1.807) is 4.68 Å². The number of fused-ring (bicyclic) bond motifs is 1. The Hall–Kier alpha value is -2.02. The van der Waals surface area contributed by atoms with Crippen LogP contribution in [0.25, 0.3) is 10.8 Å². The lowest BCUT2D eigenvalue weighted by Gasteiger charge is -2.08. The second-order valence-corrected chi connectivity index (χ2v) is 5.69. The topological polar surface area (TPSA) is 69.4 Å². The summed E-state index contributed by atoms with van der Waals surface area (Å²) in [6.07, 6.45) is 0. The van der Waals surface area contributed by atoms with Crippen LogP contribution in [0.4, 0.5) is 0 Å². The van der Waals surface area contributed by atoms with Gasteiger partial charge in [-0.25, -0.2) is 4.68 Å². The molecule has 0 saturated carbocycles. The predicted octanol–water partition coefficient (Wildman–Crippen LogP) is 2.66. The molecule has 0 fully saturated rings. The highest BCUT2D eigenvalue weighted by Crippen LogP contribution is 2.31. The predicted molar refractivity (Wildman–Crippen MR) is 76.6 cm³/mol. The highest BCUT2D eigenvalue weighted by atomic mass is 32.2. The molecule has 0 aliphatic rings. The monoisotopic (exact) mass is 286 g/mol. The van der Waals surface area contributed by atoms with Gasteiger partial charge >= 0.3 is 0 Å². The zero-order valence-electron chi connectivity index (χ0n) is 11.5. The molecule has 1 aromatic carbocycles. The number of hydrogen-bond donors (Lipinski definition) is 0. The minimum atomic E-state index is 0.206. The normalized spacial score (nSPS) is 11.4. The van der Waals surface area contributed by atoms with Crippen LogP contribution in [0, 0.1) is 6.92 Å². The Balaban J connectivity index is 2.07. The molecule has 0 saturated heterocycles. The van der Waals surface area contributed by atoms with Crippen LogP contribution < -0.4 is 0 Å². The van der Waals surface area contributed by atoms with Crippen molar-refractivity contribution in [3.63, 3.8) is 0 Å². The molecule has 102 valence electrons. The molecule has 0 amide bonds. The summed E-state index contributed by atoms with van der Waals surface area (Å²) in [6.45, 7) is 6.04. The van der Waals surface area contributed by atoms with Crippen molar-refractivity contribution in [1.82, 2.24) is 30.4 Å². The lowest BCUT2D eigenvalue weighted by atomic mass is 10.1. The SMILES string of the molecule is Cc1nnc(Sc2nnnn2C(C)C)c2ccccc12. The number of hydrogen-bond acceptors (Lipinski definition) is 6. The van der Waals surface area contributed by atoms with Gasteiger partial charge in [0.25, 0.3) is 0 Å². The fourth-order valence-electron chi connectivity index (χ4n) is 1.95. The molecule has 0 bridgehead atoms. The van der Waals surface area contributed by atoms with Gasteiger partial charge in [0.2, 0.25) is 5.16 Å². The van der Waals surface area contributed by atoms with Crippen molar-refractivity contribution in [2.24, 2.45) is 0 Å². The molecule has 7 heteroatoms. The molecule has 3 rings (SSSR count). The molecule has 0 unspecified atom stereocenters. The summed E-state index contributed by atoms with van der Waals surface area (Å²) in [7, 11) is 0. The van der Waals surface area contributed by atoms with Crippen molar-refractivity contribution in [3.8, 4) is 0 Å². The van der Waals surface area contributed by atoms with E-state index in [1.165, 1.54) is 11.8 Å². The average molecular weight is 286 g/mol. The van der Waals surface area contributed by atoms with Gasteiger partial charge in [0, 0.05) is 10.8 Å². The standard InChI is InChI=1S/C13H14N6S/c1-8(2)19-13(16-17-18-19)20-12-11-7-5-4-6-10(11)9(3)14-15-12/h4-8H,1-3H3. The van der Waals surface area contributed by atoms with Gasteiger partial charge in [-0.1, -0.05) is 24.3 Å².